The molecule has 2 heterocycles. The molecule has 6 heteroatoms. The second-order valence-electron chi connectivity index (χ2n) is 8.18. The number of pyridine rings is 1. The van der Waals surface area contributed by atoms with Gasteiger partial charge in [0.05, 0.1) is 34.8 Å². The molecule has 0 bridgehead atoms. The molecule has 2 aromatic heterocycles. The minimum atomic E-state index is -0.238. The molecule has 136 valence electrons. The molecule has 1 aliphatic carbocycles. The first-order valence-corrected chi connectivity index (χ1v) is 8.94. The Kier molecular flexibility index (Phi) is 4.35. The minimum Gasteiger partial charge on any atom is -0.394 e. The van der Waals surface area contributed by atoms with E-state index >= 15 is 0 Å². The molecule has 0 radical (unpaired) electrons. The largest absolute Gasteiger partial charge is 0.394 e. The summed E-state index contributed by atoms with van der Waals surface area (Å²) in [6.45, 7) is 9.97. The summed E-state index contributed by atoms with van der Waals surface area (Å²) < 4.78 is 1.93. The van der Waals surface area contributed by atoms with Crippen LogP contribution >= 0.6 is 0 Å². The van der Waals surface area contributed by atoms with Gasteiger partial charge in [0, 0.05) is 18.7 Å². The van der Waals surface area contributed by atoms with Crippen LogP contribution in [-0.4, -0.2) is 50.4 Å². The highest BCUT2D eigenvalue weighted by molar-refractivity contribution is 6.06. The van der Waals surface area contributed by atoms with E-state index in [1.165, 1.54) is 0 Å². The third-order valence-electron chi connectivity index (χ3n) is 4.94. The number of likely N-dealkylation sites (N-methyl/N-ethyl adjacent to an activating group) is 1. The van der Waals surface area contributed by atoms with Crippen LogP contribution in [0.5, 0.6) is 0 Å². The summed E-state index contributed by atoms with van der Waals surface area (Å²) in [6, 6.07) is 1.70. The standard InChI is InChI=1S/C19H28N4O2/c1-11(10-24)22(6)18(25)14-9-15(13-7-8-13)20-17-16(14)12(2)21-23(17)19(3,4)5/h9,11,13,24H,7-8,10H2,1-6H3. The zero-order chi connectivity index (χ0) is 18.5. The summed E-state index contributed by atoms with van der Waals surface area (Å²) in [5.74, 6) is 0.354. The average molecular weight is 344 g/mol. The molecule has 0 aromatic carbocycles. The summed E-state index contributed by atoms with van der Waals surface area (Å²) in [5.41, 5.74) is 3.00. The predicted octanol–water partition coefficient (Wildman–Crippen LogP) is 2.82. The van der Waals surface area contributed by atoms with Gasteiger partial charge in [-0.25, -0.2) is 9.67 Å². The number of rotatable bonds is 4. The maximum absolute atomic E-state index is 13.1. The van der Waals surface area contributed by atoms with Crippen LogP contribution in [0.15, 0.2) is 6.07 Å². The SMILES string of the molecule is Cc1nn(C(C)(C)C)c2nc(C3CC3)cc(C(=O)N(C)C(C)CO)c12. The van der Waals surface area contributed by atoms with E-state index < -0.39 is 0 Å². The average Bonchev–Trinajstić information content (AvgIpc) is 3.35. The first kappa shape index (κ1) is 17.9. The topological polar surface area (TPSA) is 71.2 Å². The number of aryl methyl sites for hydroxylation is 1. The van der Waals surface area contributed by atoms with Gasteiger partial charge in [0.2, 0.25) is 0 Å². The lowest BCUT2D eigenvalue weighted by Crippen LogP contribution is -2.37. The van der Waals surface area contributed by atoms with E-state index in [-0.39, 0.29) is 24.1 Å². The summed E-state index contributed by atoms with van der Waals surface area (Å²) in [5, 5.41) is 14.9. The van der Waals surface area contributed by atoms with E-state index in [2.05, 4.69) is 25.9 Å². The molecule has 1 aliphatic rings. The van der Waals surface area contributed by atoms with Gasteiger partial charge >= 0.3 is 0 Å². The van der Waals surface area contributed by atoms with Crippen LogP contribution in [0.4, 0.5) is 0 Å². The van der Waals surface area contributed by atoms with Crippen LogP contribution in [0.2, 0.25) is 0 Å². The van der Waals surface area contributed by atoms with Gasteiger partial charge in [-0.05, 0) is 53.5 Å². The molecule has 0 spiro atoms. The third kappa shape index (κ3) is 3.15. The van der Waals surface area contributed by atoms with Gasteiger partial charge in [-0.1, -0.05) is 0 Å². The van der Waals surface area contributed by atoms with Crippen molar-refractivity contribution in [3.63, 3.8) is 0 Å². The molecule has 2 aromatic rings. The Labute approximate surface area is 148 Å². The molecule has 1 saturated carbocycles. The van der Waals surface area contributed by atoms with Gasteiger partial charge < -0.3 is 10.0 Å². The lowest BCUT2D eigenvalue weighted by molar-refractivity contribution is 0.0684. The highest BCUT2D eigenvalue weighted by Crippen LogP contribution is 2.41. The summed E-state index contributed by atoms with van der Waals surface area (Å²) in [7, 11) is 1.73. The van der Waals surface area contributed by atoms with Gasteiger partial charge in [0.1, 0.15) is 0 Å². The number of nitrogens with zero attached hydrogens (tertiary/aromatic N) is 4. The van der Waals surface area contributed by atoms with Crippen LogP contribution in [0.1, 0.15) is 68.2 Å². The lowest BCUT2D eigenvalue weighted by atomic mass is 10.1. The first-order valence-electron chi connectivity index (χ1n) is 8.94. The normalized spacial score (nSPS) is 16.3. The number of aliphatic hydroxyl groups is 1. The van der Waals surface area contributed by atoms with Crippen molar-refractivity contribution in [3.05, 3.63) is 23.0 Å². The van der Waals surface area contributed by atoms with Crippen molar-refractivity contribution in [1.29, 1.82) is 0 Å². The van der Waals surface area contributed by atoms with Crippen LogP contribution in [-0.2, 0) is 5.54 Å². The molecule has 25 heavy (non-hydrogen) atoms. The van der Waals surface area contributed by atoms with E-state index in [4.69, 9.17) is 4.98 Å². The lowest BCUT2D eigenvalue weighted by Gasteiger charge is -2.24. The number of carbonyl (C=O) groups is 1. The zero-order valence-corrected chi connectivity index (χ0v) is 16.0. The number of fused-ring (bicyclic) bond motifs is 1. The van der Waals surface area contributed by atoms with E-state index in [0.29, 0.717) is 11.5 Å². The van der Waals surface area contributed by atoms with Crippen molar-refractivity contribution in [3.8, 4) is 0 Å². The smallest absolute Gasteiger partial charge is 0.254 e. The van der Waals surface area contributed by atoms with Gasteiger partial charge in [0.25, 0.3) is 5.91 Å². The highest BCUT2D eigenvalue weighted by Gasteiger charge is 2.31. The van der Waals surface area contributed by atoms with Gasteiger partial charge in [-0.2, -0.15) is 5.10 Å². The fourth-order valence-corrected chi connectivity index (χ4v) is 3.05. The van der Waals surface area contributed by atoms with E-state index in [0.717, 1.165) is 35.3 Å². The monoisotopic (exact) mass is 344 g/mol. The quantitative estimate of drug-likeness (QED) is 0.926. The summed E-state index contributed by atoms with van der Waals surface area (Å²) >= 11 is 0. The Balaban J connectivity index is 2.23. The number of aromatic nitrogens is 3. The molecular formula is C19H28N4O2. The van der Waals surface area contributed by atoms with Crippen LogP contribution < -0.4 is 0 Å². The molecule has 6 nitrogen and oxygen atoms in total. The van der Waals surface area contributed by atoms with Gasteiger partial charge in [-0.3, -0.25) is 4.79 Å². The molecular weight excluding hydrogens is 316 g/mol. The van der Waals surface area contributed by atoms with Crippen molar-refractivity contribution >= 4 is 16.9 Å². The van der Waals surface area contributed by atoms with Crippen molar-refractivity contribution in [2.24, 2.45) is 0 Å². The van der Waals surface area contributed by atoms with Crippen LogP contribution in [0.25, 0.3) is 11.0 Å². The molecule has 1 atom stereocenters. The third-order valence-corrected chi connectivity index (χ3v) is 4.94. The highest BCUT2D eigenvalue weighted by atomic mass is 16.3. The summed E-state index contributed by atoms with van der Waals surface area (Å²) in [6.07, 6.45) is 2.25. The summed E-state index contributed by atoms with van der Waals surface area (Å²) in [4.78, 5) is 19.6. The fraction of sp³-hybridized carbons (Fsp3) is 0.632. The number of aliphatic hydroxyl groups excluding tert-OH is 1. The van der Waals surface area contributed by atoms with Crippen molar-refractivity contribution < 1.29 is 9.90 Å². The van der Waals surface area contributed by atoms with Crippen molar-refractivity contribution in [2.45, 2.75) is 65.0 Å². The number of hydrogen-bond donors (Lipinski definition) is 1. The Morgan fingerprint density at radius 3 is 2.60 bits per heavy atom. The molecule has 0 aliphatic heterocycles. The molecule has 1 N–H and O–H groups in total. The van der Waals surface area contributed by atoms with E-state index in [1.807, 2.05) is 24.6 Å². The van der Waals surface area contributed by atoms with Crippen molar-refractivity contribution in [2.75, 3.05) is 13.7 Å². The second-order valence-corrected chi connectivity index (χ2v) is 8.18. The molecule has 3 rings (SSSR count). The maximum Gasteiger partial charge on any atom is 0.254 e. The second kappa shape index (κ2) is 6.09. The Bertz CT molecular complexity index is 815. The number of carbonyl (C=O) groups excluding carboxylic acids is 1. The Morgan fingerprint density at radius 1 is 1.44 bits per heavy atom. The number of hydrogen-bond acceptors (Lipinski definition) is 4. The van der Waals surface area contributed by atoms with E-state index in [9.17, 15) is 9.90 Å². The minimum absolute atomic E-state index is 0.0633. The van der Waals surface area contributed by atoms with Gasteiger partial charge in [-0.15, -0.1) is 0 Å². The van der Waals surface area contributed by atoms with Crippen LogP contribution in [0.3, 0.4) is 0 Å². The Hall–Kier alpha value is -1.95. The molecule has 1 unspecified atom stereocenters. The van der Waals surface area contributed by atoms with Gasteiger partial charge in [0.15, 0.2) is 5.65 Å². The fourth-order valence-electron chi connectivity index (χ4n) is 3.05. The number of amides is 1. The maximum atomic E-state index is 13.1. The molecule has 1 amide bonds. The van der Waals surface area contributed by atoms with Crippen molar-refractivity contribution in [1.82, 2.24) is 19.7 Å². The Morgan fingerprint density at radius 2 is 2.08 bits per heavy atom. The van der Waals surface area contributed by atoms with E-state index in [1.54, 1.807) is 11.9 Å². The zero-order valence-electron chi connectivity index (χ0n) is 16.0. The first-order chi connectivity index (χ1) is 11.6. The molecule has 1 fully saturated rings. The van der Waals surface area contributed by atoms with Crippen LogP contribution in [0, 0.1) is 6.92 Å². The molecule has 0 saturated heterocycles. The predicted molar refractivity (Wildman–Crippen MR) is 97.9 cm³/mol.